The number of hydrogen-bond donors (Lipinski definition) is 1. The van der Waals surface area contributed by atoms with E-state index in [0.717, 1.165) is 56.7 Å². The Kier molecular flexibility index (Phi) is 5.34. The average Bonchev–Trinajstić information content (AvgIpc) is 3.13. The summed E-state index contributed by atoms with van der Waals surface area (Å²) in [6.45, 7) is 3.75. The Bertz CT molecular complexity index is 712. The summed E-state index contributed by atoms with van der Waals surface area (Å²) in [5.74, 6) is 3.13. The van der Waals surface area contributed by atoms with E-state index in [9.17, 15) is 0 Å². The van der Waals surface area contributed by atoms with Crippen LogP contribution in [0.5, 0.6) is 0 Å². The fraction of sp³-hybridized carbons (Fsp3) is 0.632. The van der Waals surface area contributed by atoms with Gasteiger partial charge in [0.15, 0.2) is 0 Å². The molecule has 0 saturated carbocycles. The van der Waals surface area contributed by atoms with Crippen molar-refractivity contribution in [3.05, 3.63) is 30.5 Å². The molecule has 7 nitrogen and oxygen atoms in total. The zero-order valence-corrected chi connectivity index (χ0v) is 15.5. The number of aromatic nitrogens is 4. The van der Waals surface area contributed by atoms with Crippen molar-refractivity contribution >= 4 is 11.8 Å². The number of imidazole rings is 1. The van der Waals surface area contributed by atoms with Gasteiger partial charge in [-0.1, -0.05) is 0 Å². The summed E-state index contributed by atoms with van der Waals surface area (Å²) in [5.41, 5.74) is 0. The quantitative estimate of drug-likeness (QED) is 0.888. The zero-order valence-electron chi connectivity index (χ0n) is 15.5. The maximum absolute atomic E-state index is 6.06. The van der Waals surface area contributed by atoms with E-state index in [2.05, 4.69) is 24.8 Å². The molecular weight excluding hydrogens is 328 g/mol. The fourth-order valence-electron chi connectivity index (χ4n) is 3.92. The minimum atomic E-state index is 0.0413. The first kappa shape index (κ1) is 17.3. The van der Waals surface area contributed by atoms with Crippen molar-refractivity contribution in [1.29, 1.82) is 0 Å². The Labute approximate surface area is 154 Å². The van der Waals surface area contributed by atoms with Gasteiger partial charge in [-0.15, -0.1) is 0 Å². The average molecular weight is 356 g/mol. The third-order valence-electron chi connectivity index (χ3n) is 5.38. The number of anilines is 2. The normalized spacial score (nSPS) is 23.8. The van der Waals surface area contributed by atoms with Crippen molar-refractivity contribution in [2.24, 2.45) is 13.0 Å². The highest BCUT2D eigenvalue weighted by Gasteiger charge is 2.30. The molecule has 26 heavy (non-hydrogen) atoms. The van der Waals surface area contributed by atoms with Crippen LogP contribution in [0.1, 0.15) is 44.0 Å². The molecule has 2 aromatic heterocycles. The van der Waals surface area contributed by atoms with Crippen LogP contribution in [-0.4, -0.2) is 45.8 Å². The van der Waals surface area contributed by atoms with Gasteiger partial charge in [0, 0.05) is 57.8 Å². The highest BCUT2D eigenvalue weighted by Crippen LogP contribution is 2.32. The summed E-state index contributed by atoms with van der Waals surface area (Å²) in [5, 5.41) is 3.51. The maximum atomic E-state index is 6.06. The van der Waals surface area contributed by atoms with Crippen LogP contribution in [0.2, 0.25) is 0 Å². The SMILES string of the molecule is Cn1ccnc1[C@@H]1OCCC[C@H]1CNc1ccnc(N2CCCCC2)n1. The van der Waals surface area contributed by atoms with Crippen LogP contribution in [-0.2, 0) is 11.8 Å². The zero-order chi connectivity index (χ0) is 17.8. The Morgan fingerprint density at radius 1 is 1.15 bits per heavy atom. The molecule has 0 spiro atoms. The molecule has 0 amide bonds. The Morgan fingerprint density at radius 3 is 2.85 bits per heavy atom. The van der Waals surface area contributed by atoms with Gasteiger partial charge in [0.25, 0.3) is 0 Å². The predicted octanol–water partition coefficient (Wildman–Crippen LogP) is 2.78. The van der Waals surface area contributed by atoms with Crippen LogP contribution >= 0.6 is 0 Å². The number of nitrogens with zero attached hydrogens (tertiary/aromatic N) is 5. The molecule has 0 aliphatic carbocycles. The van der Waals surface area contributed by atoms with E-state index in [1.807, 2.05) is 31.7 Å². The molecule has 2 saturated heterocycles. The van der Waals surface area contributed by atoms with E-state index < -0.39 is 0 Å². The number of piperidine rings is 1. The van der Waals surface area contributed by atoms with Crippen LogP contribution in [0.25, 0.3) is 0 Å². The van der Waals surface area contributed by atoms with Crippen molar-refractivity contribution in [3.63, 3.8) is 0 Å². The minimum absolute atomic E-state index is 0.0413. The summed E-state index contributed by atoms with van der Waals surface area (Å²) in [6.07, 6.45) is 11.7. The lowest BCUT2D eigenvalue weighted by Gasteiger charge is -2.31. The molecule has 0 aromatic carbocycles. The maximum Gasteiger partial charge on any atom is 0.227 e. The third-order valence-corrected chi connectivity index (χ3v) is 5.38. The lowest BCUT2D eigenvalue weighted by Crippen LogP contribution is -2.32. The van der Waals surface area contributed by atoms with Crippen LogP contribution in [0.4, 0.5) is 11.8 Å². The van der Waals surface area contributed by atoms with Crippen molar-refractivity contribution < 1.29 is 4.74 Å². The lowest BCUT2D eigenvalue weighted by molar-refractivity contribution is -0.0305. The van der Waals surface area contributed by atoms with Gasteiger partial charge in [-0.2, -0.15) is 4.98 Å². The van der Waals surface area contributed by atoms with E-state index in [1.54, 1.807) is 0 Å². The van der Waals surface area contributed by atoms with E-state index in [0.29, 0.717) is 5.92 Å². The van der Waals surface area contributed by atoms with Gasteiger partial charge in [0.2, 0.25) is 5.95 Å². The van der Waals surface area contributed by atoms with Gasteiger partial charge in [-0.25, -0.2) is 9.97 Å². The minimum Gasteiger partial charge on any atom is -0.370 e. The van der Waals surface area contributed by atoms with Gasteiger partial charge in [-0.05, 0) is 38.2 Å². The van der Waals surface area contributed by atoms with E-state index >= 15 is 0 Å². The molecular formula is C19H28N6O. The van der Waals surface area contributed by atoms with Crippen molar-refractivity contribution in [2.45, 2.75) is 38.2 Å². The summed E-state index contributed by atoms with van der Waals surface area (Å²) >= 11 is 0. The van der Waals surface area contributed by atoms with Crippen molar-refractivity contribution in [1.82, 2.24) is 19.5 Å². The molecule has 140 valence electrons. The van der Waals surface area contributed by atoms with Gasteiger partial charge >= 0.3 is 0 Å². The highest BCUT2D eigenvalue weighted by molar-refractivity contribution is 5.41. The van der Waals surface area contributed by atoms with E-state index in [4.69, 9.17) is 9.72 Å². The number of hydrogen-bond acceptors (Lipinski definition) is 6. The first-order valence-corrected chi connectivity index (χ1v) is 9.72. The Morgan fingerprint density at radius 2 is 2.04 bits per heavy atom. The summed E-state index contributed by atoms with van der Waals surface area (Å²) < 4.78 is 8.12. The molecule has 2 fully saturated rings. The van der Waals surface area contributed by atoms with Gasteiger partial charge in [0.05, 0.1) is 0 Å². The molecule has 1 N–H and O–H groups in total. The number of nitrogens with one attached hydrogen (secondary N) is 1. The smallest absolute Gasteiger partial charge is 0.227 e. The molecule has 2 aliphatic rings. The summed E-state index contributed by atoms with van der Waals surface area (Å²) in [7, 11) is 2.03. The predicted molar refractivity (Wildman–Crippen MR) is 101 cm³/mol. The molecule has 7 heteroatoms. The van der Waals surface area contributed by atoms with Gasteiger partial charge in [0.1, 0.15) is 17.7 Å². The molecule has 0 bridgehead atoms. The van der Waals surface area contributed by atoms with Gasteiger partial charge < -0.3 is 19.5 Å². The lowest BCUT2D eigenvalue weighted by atomic mass is 9.93. The van der Waals surface area contributed by atoms with Gasteiger partial charge in [-0.3, -0.25) is 0 Å². The first-order valence-electron chi connectivity index (χ1n) is 9.72. The molecule has 4 rings (SSSR count). The molecule has 4 heterocycles. The summed E-state index contributed by atoms with van der Waals surface area (Å²) in [6, 6.07) is 1.95. The second kappa shape index (κ2) is 8.03. The molecule has 2 atom stereocenters. The highest BCUT2D eigenvalue weighted by atomic mass is 16.5. The number of rotatable bonds is 5. The van der Waals surface area contributed by atoms with Crippen LogP contribution in [0.15, 0.2) is 24.7 Å². The van der Waals surface area contributed by atoms with Crippen LogP contribution in [0, 0.1) is 5.92 Å². The van der Waals surface area contributed by atoms with Crippen molar-refractivity contribution in [2.75, 3.05) is 36.5 Å². The number of aryl methyl sites for hydroxylation is 1. The first-order chi connectivity index (χ1) is 12.8. The Balaban J connectivity index is 1.41. The molecule has 2 aliphatic heterocycles. The monoisotopic (exact) mass is 356 g/mol. The topological polar surface area (TPSA) is 68.1 Å². The fourth-order valence-corrected chi connectivity index (χ4v) is 3.92. The van der Waals surface area contributed by atoms with E-state index in [-0.39, 0.29) is 6.10 Å². The van der Waals surface area contributed by atoms with E-state index in [1.165, 1.54) is 19.3 Å². The number of ether oxygens (including phenoxy) is 1. The Hall–Kier alpha value is -2.15. The standard InChI is InChI=1S/C19H28N6O/c1-24-12-9-20-18(24)17-15(6-5-13-26-17)14-22-16-7-8-21-19(23-16)25-10-3-2-4-11-25/h7-9,12,15,17H,2-6,10-11,13-14H2,1H3,(H,21,22,23)/t15-,17+/m0/s1. The largest absolute Gasteiger partial charge is 0.370 e. The van der Waals surface area contributed by atoms with Crippen LogP contribution in [0.3, 0.4) is 0 Å². The second-order valence-corrected chi connectivity index (χ2v) is 7.26. The summed E-state index contributed by atoms with van der Waals surface area (Å²) in [4.78, 5) is 16.0. The third kappa shape index (κ3) is 3.82. The van der Waals surface area contributed by atoms with Crippen LogP contribution < -0.4 is 10.2 Å². The molecule has 0 radical (unpaired) electrons. The van der Waals surface area contributed by atoms with Crippen molar-refractivity contribution in [3.8, 4) is 0 Å². The molecule has 2 aromatic rings. The molecule has 0 unspecified atom stereocenters. The second-order valence-electron chi connectivity index (χ2n) is 7.26.